The SMILES string of the molecule is CCCCCCCC1(O)c2sc3sc4sc([Si](C)(C)C)c(Br)c4c3c2-c2c(sc3sc4sc([Si](C)(C)C)c(Br)c4c23)C1(O)CCCCCCC. The summed E-state index contributed by atoms with van der Waals surface area (Å²) in [6, 6.07) is 0. The largest absolute Gasteiger partial charge is 0.381 e. The summed E-state index contributed by atoms with van der Waals surface area (Å²) in [5.74, 6) is 0. The highest BCUT2D eigenvalue weighted by molar-refractivity contribution is 9.11. The van der Waals surface area contributed by atoms with Crippen molar-refractivity contribution in [2.24, 2.45) is 0 Å². The van der Waals surface area contributed by atoms with Crippen LogP contribution in [0.3, 0.4) is 0 Å². The molecule has 6 aromatic heterocycles. The molecule has 2 N–H and O–H groups in total. The Bertz CT molecular complexity index is 2050. The molecule has 6 aromatic rings. The Balaban J connectivity index is 1.55. The summed E-state index contributed by atoms with van der Waals surface area (Å²) in [7, 11) is -3.18. The van der Waals surface area contributed by atoms with Crippen LogP contribution < -0.4 is 9.00 Å². The minimum atomic E-state index is -1.59. The lowest BCUT2D eigenvalue weighted by molar-refractivity contribution is -0.172. The molecule has 2 atom stereocenters. The van der Waals surface area contributed by atoms with Crippen LogP contribution in [0, 0.1) is 0 Å². The van der Waals surface area contributed by atoms with Crippen LogP contribution in [0.4, 0.5) is 0 Å². The Morgan fingerprint density at radius 3 is 1.16 bits per heavy atom. The molecule has 2 nitrogen and oxygen atoms in total. The monoisotopic (exact) mass is 944 g/mol. The van der Waals surface area contributed by atoms with E-state index in [0.717, 1.165) is 35.4 Å². The summed E-state index contributed by atoms with van der Waals surface area (Å²) >= 11 is 19.7. The lowest BCUT2D eigenvalue weighted by atomic mass is 9.67. The molecule has 6 heterocycles. The topological polar surface area (TPSA) is 40.5 Å². The van der Waals surface area contributed by atoms with Gasteiger partial charge in [0, 0.05) is 60.4 Å². The zero-order chi connectivity index (χ0) is 36.0. The summed E-state index contributed by atoms with van der Waals surface area (Å²) in [5, 5.41) is 32.2. The van der Waals surface area contributed by atoms with Crippen molar-refractivity contribution in [3.8, 4) is 11.1 Å². The highest BCUT2D eigenvalue weighted by Gasteiger charge is 2.59. The van der Waals surface area contributed by atoms with Crippen molar-refractivity contribution in [1.82, 2.24) is 0 Å². The lowest BCUT2D eigenvalue weighted by Crippen LogP contribution is -2.51. The molecule has 50 heavy (non-hydrogen) atoms. The van der Waals surface area contributed by atoms with Crippen LogP contribution in [-0.2, 0) is 11.2 Å². The van der Waals surface area contributed by atoms with Gasteiger partial charge in [0.05, 0.1) is 32.2 Å². The number of fused-ring (bicyclic) bond motifs is 11. The molecule has 0 aliphatic heterocycles. The molecule has 0 amide bonds. The third-order valence-corrected chi connectivity index (χ3v) is 28.4. The number of rotatable bonds is 14. The van der Waals surface area contributed by atoms with Crippen LogP contribution in [0.1, 0.15) is 101 Å². The number of aliphatic hydroxyl groups is 2. The van der Waals surface area contributed by atoms with Crippen LogP contribution >= 0.6 is 99.9 Å². The maximum Gasteiger partial charge on any atom is 0.133 e. The van der Waals surface area contributed by atoms with Crippen LogP contribution in [0.5, 0.6) is 0 Å². The first-order chi connectivity index (χ1) is 23.6. The summed E-state index contributed by atoms with van der Waals surface area (Å²) < 4.78 is 10.9. The van der Waals surface area contributed by atoms with E-state index in [1.54, 1.807) is 22.7 Å². The number of unbranched alkanes of at least 4 members (excludes halogenated alkanes) is 8. The molecule has 0 fully saturated rings. The Labute approximate surface area is 340 Å². The average Bonchev–Trinajstić information content (AvgIpc) is 3.85. The zero-order valence-electron chi connectivity index (χ0n) is 30.6. The van der Waals surface area contributed by atoms with Gasteiger partial charge < -0.3 is 10.2 Å². The molecular formula is C38H50Br2O2S6Si2. The number of halogens is 2. The summed E-state index contributed by atoms with van der Waals surface area (Å²) in [4.78, 5) is 2.03. The van der Waals surface area contributed by atoms with Gasteiger partial charge in [0.2, 0.25) is 0 Å². The molecule has 0 aromatic carbocycles. The molecule has 0 radical (unpaired) electrons. The standard InChI is InChI=1S/C38H50Br2O2S6Si2/c1-9-11-13-15-17-19-37(41)29-21(23-25-27(39)35(49(3,4)5)47-33(25)45-31(23)43-29)22-24-26-28(40)36(50(6,7)8)48-34(26)46-32(24)44-30(22)38(37,42)20-18-16-14-12-10-2/h41-42H,9-20H2,1-8H3. The van der Waals surface area contributed by atoms with E-state index in [0.29, 0.717) is 12.8 Å². The van der Waals surface area contributed by atoms with E-state index in [2.05, 4.69) is 85.0 Å². The average molecular weight is 947 g/mol. The molecule has 272 valence electrons. The Morgan fingerprint density at radius 2 is 0.820 bits per heavy atom. The highest BCUT2D eigenvalue weighted by Crippen LogP contribution is 2.67. The van der Waals surface area contributed by atoms with Gasteiger partial charge in [0.15, 0.2) is 0 Å². The van der Waals surface area contributed by atoms with E-state index in [1.807, 2.05) is 45.3 Å². The van der Waals surface area contributed by atoms with E-state index in [9.17, 15) is 10.2 Å². The van der Waals surface area contributed by atoms with Crippen molar-refractivity contribution in [2.45, 2.75) is 141 Å². The molecule has 0 spiro atoms. The Morgan fingerprint density at radius 1 is 0.480 bits per heavy atom. The third kappa shape index (κ3) is 6.16. The quantitative estimate of drug-likeness (QED) is 0.0844. The first-order valence-electron chi connectivity index (χ1n) is 18.4. The zero-order valence-corrected chi connectivity index (χ0v) is 40.7. The van der Waals surface area contributed by atoms with Crippen molar-refractivity contribution < 1.29 is 10.2 Å². The van der Waals surface area contributed by atoms with Gasteiger partial charge in [0.25, 0.3) is 0 Å². The van der Waals surface area contributed by atoms with Gasteiger partial charge in [0.1, 0.15) is 11.2 Å². The maximum atomic E-state index is 13.5. The fraction of sp³-hybridized carbons (Fsp3) is 0.579. The van der Waals surface area contributed by atoms with E-state index in [1.165, 1.54) is 105 Å². The van der Waals surface area contributed by atoms with Gasteiger partial charge in [-0.25, -0.2) is 0 Å². The van der Waals surface area contributed by atoms with Crippen LogP contribution in [0.25, 0.3) is 48.7 Å². The second kappa shape index (κ2) is 14.2. The minimum absolute atomic E-state index is 0.597. The molecule has 0 bridgehead atoms. The van der Waals surface area contributed by atoms with Gasteiger partial charge in [-0.15, -0.1) is 68.0 Å². The Kier molecular flexibility index (Phi) is 11.1. The maximum absolute atomic E-state index is 13.5. The van der Waals surface area contributed by atoms with Crippen LogP contribution in [-0.4, -0.2) is 26.4 Å². The predicted molar refractivity (Wildman–Crippen MR) is 245 cm³/mol. The van der Waals surface area contributed by atoms with Gasteiger partial charge in [-0.3, -0.25) is 0 Å². The molecular weight excluding hydrogens is 897 g/mol. The predicted octanol–water partition coefficient (Wildman–Crippen LogP) is 15.1. The molecule has 1 aliphatic carbocycles. The second-order valence-corrected chi connectivity index (χ2v) is 36.0. The third-order valence-electron chi connectivity index (χ3n) is 10.6. The molecule has 2 unspecified atom stereocenters. The molecule has 12 heteroatoms. The van der Waals surface area contributed by atoms with Crippen molar-refractivity contribution >= 4 is 163 Å². The van der Waals surface area contributed by atoms with Gasteiger partial charge in [-0.2, -0.15) is 0 Å². The minimum Gasteiger partial charge on any atom is -0.381 e. The summed E-state index contributed by atoms with van der Waals surface area (Å²) in [6.45, 7) is 19.2. The van der Waals surface area contributed by atoms with Gasteiger partial charge in [-0.05, 0) is 44.7 Å². The van der Waals surface area contributed by atoms with Crippen molar-refractivity contribution in [3.05, 3.63) is 18.7 Å². The number of hydrogen-bond donors (Lipinski definition) is 2. The fourth-order valence-corrected chi connectivity index (χ4v) is 26.8. The highest BCUT2D eigenvalue weighted by atomic mass is 79.9. The van der Waals surface area contributed by atoms with E-state index < -0.39 is 27.3 Å². The van der Waals surface area contributed by atoms with E-state index >= 15 is 0 Å². The van der Waals surface area contributed by atoms with Crippen LogP contribution in [0.2, 0.25) is 39.3 Å². The summed E-state index contributed by atoms with van der Waals surface area (Å²) in [6.07, 6.45) is 12.4. The Hall–Kier alpha value is 0.554. The lowest BCUT2D eigenvalue weighted by Gasteiger charge is -2.47. The number of hydrogen-bond acceptors (Lipinski definition) is 8. The smallest absolute Gasteiger partial charge is 0.133 e. The number of thiophene rings is 6. The molecule has 7 rings (SSSR count). The van der Waals surface area contributed by atoms with Crippen LogP contribution in [0.15, 0.2) is 8.95 Å². The van der Waals surface area contributed by atoms with Crippen molar-refractivity contribution in [3.63, 3.8) is 0 Å². The van der Waals surface area contributed by atoms with E-state index in [-0.39, 0.29) is 0 Å². The fourth-order valence-electron chi connectivity index (χ4n) is 7.95. The normalized spacial score (nSPS) is 19.9. The second-order valence-electron chi connectivity index (χ2n) is 16.5. The van der Waals surface area contributed by atoms with Crippen molar-refractivity contribution in [1.29, 1.82) is 0 Å². The van der Waals surface area contributed by atoms with Crippen molar-refractivity contribution in [2.75, 3.05) is 0 Å². The van der Waals surface area contributed by atoms with E-state index in [4.69, 9.17) is 0 Å². The van der Waals surface area contributed by atoms with Gasteiger partial charge in [-0.1, -0.05) is 117 Å². The first-order valence-corrected chi connectivity index (χ1v) is 31.9. The first kappa shape index (κ1) is 38.8. The summed E-state index contributed by atoms with van der Waals surface area (Å²) in [5.41, 5.74) is -0.212. The molecule has 1 aliphatic rings. The van der Waals surface area contributed by atoms with Gasteiger partial charge >= 0.3 is 0 Å². The molecule has 0 saturated heterocycles. The molecule has 0 saturated carbocycles.